The summed E-state index contributed by atoms with van der Waals surface area (Å²) in [4.78, 5) is 16.9. The van der Waals surface area contributed by atoms with Crippen LogP contribution < -0.4 is 5.32 Å². The van der Waals surface area contributed by atoms with E-state index in [0.717, 1.165) is 4.88 Å². The Bertz CT molecular complexity index is 588. The molecule has 5 heteroatoms. The van der Waals surface area contributed by atoms with Crippen molar-refractivity contribution >= 4 is 22.9 Å². The first-order chi connectivity index (χ1) is 9.39. The molecule has 2 aromatic heterocycles. The number of pyridine rings is 1. The minimum atomic E-state index is -0.779. The van der Waals surface area contributed by atoms with Crippen LogP contribution in [0.5, 0.6) is 0 Å². The van der Waals surface area contributed by atoms with Gasteiger partial charge in [0, 0.05) is 33.9 Å². The second-order valence-corrected chi connectivity index (χ2v) is 6.56. The van der Waals surface area contributed by atoms with Crippen LogP contribution in [0.4, 0.5) is 5.69 Å². The average Bonchev–Trinajstić information content (AvgIpc) is 2.91. The van der Waals surface area contributed by atoms with Gasteiger partial charge in [-0.15, -0.1) is 11.3 Å². The summed E-state index contributed by atoms with van der Waals surface area (Å²) in [5.74, 6) is -0.0941. The zero-order valence-electron chi connectivity index (χ0n) is 11.8. The molecule has 1 unspecified atom stereocenters. The van der Waals surface area contributed by atoms with Crippen molar-refractivity contribution < 1.29 is 9.90 Å². The number of hydrogen-bond acceptors (Lipinski definition) is 4. The van der Waals surface area contributed by atoms with E-state index in [0.29, 0.717) is 11.3 Å². The highest BCUT2D eigenvalue weighted by atomic mass is 32.1. The Hall–Kier alpha value is -1.72. The van der Waals surface area contributed by atoms with Crippen LogP contribution in [-0.4, -0.2) is 16.0 Å². The molecule has 0 aromatic carbocycles. The summed E-state index contributed by atoms with van der Waals surface area (Å²) in [5.41, 5.74) is 0.711. The van der Waals surface area contributed by atoms with E-state index in [9.17, 15) is 9.90 Å². The van der Waals surface area contributed by atoms with E-state index in [-0.39, 0.29) is 5.91 Å². The van der Waals surface area contributed by atoms with Gasteiger partial charge in [-0.2, -0.15) is 0 Å². The number of hydrogen-bond donors (Lipinski definition) is 2. The minimum absolute atomic E-state index is 0.0941. The van der Waals surface area contributed by atoms with Crippen molar-refractivity contribution in [1.29, 1.82) is 0 Å². The number of carbonyl (C=O) groups is 1. The molecule has 4 nitrogen and oxygen atoms in total. The quantitative estimate of drug-likeness (QED) is 0.912. The Balaban J connectivity index is 2.29. The minimum Gasteiger partial charge on any atom is -0.383 e. The highest BCUT2D eigenvalue weighted by molar-refractivity contribution is 7.10. The molecule has 20 heavy (non-hydrogen) atoms. The van der Waals surface area contributed by atoms with Crippen LogP contribution in [0.2, 0.25) is 0 Å². The molecule has 0 fully saturated rings. The number of thiophene rings is 1. The van der Waals surface area contributed by atoms with Gasteiger partial charge in [0.05, 0.1) is 0 Å². The number of aromatic nitrogens is 1. The molecule has 2 heterocycles. The van der Waals surface area contributed by atoms with Gasteiger partial charge in [0.1, 0.15) is 6.10 Å². The first-order valence-electron chi connectivity index (χ1n) is 6.36. The molecule has 0 bridgehead atoms. The maximum atomic E-state index is 12.1. The van der Waals surface area contributed by atoms with Crippen molar-refractivity contribution in [3.8, 4) is 0 Å². The van der Waals surface area contributed by atoms with Crippen LogP contribution in [-0.2, 0) is 4.79 Å². The molecule has 0 radical (unpaired) electrons. The zero-order valence-corrected chi connectivity index (χ0v) is 12.6. The van der Waals surface area contributed by atoms with Crippen LogP contribution in [0.15, 0.2) is 36.0 Å². The molecule has 2 N–H and O–H groups in total. The predicted molar refractivity (Wildman–Crippen MR) is 80.7 cm³/mol. The monoisotopic (exact) mass is 290 g/mol. The van der Waals surface area contributed by atoms with Crippen molar-refractivity contribution in [2.75, 3.05) is 5.32 Å². The van der Waals surface area contributed by atoms with Crippen molar-refractivity contribution in [1.82, 2.24) is 4.98 Å². The first kappa shape index (κ1) is 14.7. The Morgan fingerprint density at radius 3 is 2.75 bits per heavy atom. The van der Waals surface area contributed by atoms with Crippen LogP contribution in [0.1, 0.15) is 37.3 Å². The smallest absolute Gasteiger partial charge is 0.229 e. The highest BCUT2D eigenvalue weighted by Gasteiger charge is 2.23. The van der Waals surface area contributed by atoms with Crippen LogP contribution in [0.3, 0.4) is 0 Å². The van der Waals surface area contributed by atoms with Crippen molar-refractivity contribution in [3.05, 3.63) is 46.4 Å². The number of nitrogens with one attached hydrogen (secondary N) is 1. The molecular formula is C15H18N2O2S. The van der Waals surface area contributed by atoms with Gasteiger partial charge in [0.25, 0.3) is 0 Å². The van der Waals surface area contributed by atoms with Crippen LogP contribution >= 0.6 is 11.3 Å². The summed E-state index contributed by atoms with van der Waals surface area (Å²) in [6.45, 7) is 5.54. The lowest BCUT2D eigenvalue weighted by molar-refractivity contribution is -0.123. The molecule has 106 valence electrons. The highest BCUT2D eigenvalue weighted by Crippen LogP contribution is 2.31. The van der Waals surface area contributed by atoms with Gasteiger partial charge in [-0.1, -0.05) is 26.8 Å². The van der Waals surface area contributed by atoms with Gasteiger partial charge < -0.3 is 10.4 Å². The molecule has 0 aliphatic heterocycles. The van der Waals surface area contributed by atoms with Gasteiger partial charge in [-0.05, 0) is 17.5 Å². The third-order valence-electron chi connectivity index (χ3n) is 2.89. The standard InChI is InChI=1S/C15H18N2O2S/c1-15(2,3)14(19)17-11-6-7-16-9-10(11)13(18)12-5-4-8-20-12/h4-9,13,18H,1-3H3,(H,16,17,19). The van der Waals surface area contributed by atoms with Gasteiger partial charge in [0.15, 0.2) is 0 Å². The first-order valence-corrected chi connectivity index (χ1v) is 7.24. The summed E-state index contributed by atoms with van der Waals surface area (Å²) in [7, 11) is 0. The summed E-state index contributed by atoms with van der Waals surface area (Å²) < 4.78 is 0. The maximum absolute atomic E-state index is 12.1. The van der Waals surface area contributed by atoms with E-state index in [1.54, 1.807) is 18.5 Å². The average molecular weight is 290 g/mol. The van der Waals surface area contributed by atoms with Crippen molar-refractivity contribution in [2.45, 2.75) is 26.9 Å². The van der Waals surface area contributed by atoms with Gasteiger partial charge in [0.2, 0.25) is 5.91 Å². The summed E-state index contributed by atoms with van der Waals surface area (Å²) >= 11 is 1.47. The molecule has 1 atom stereocenters. The number of rotatable bonds is 3. The van der Waals surface area contributed by atoms with E-state index in [2.05, 4.69) is 10.3 Å². The SMILES string of the molecule is CC(C)(C)C(=O)Nc1ccncc1C(O)c1cccs1. The lowest BCUT2D eigenvalue weighted by Crippen LogP contribution is -2.28. The Kier molecular flexibility index (Phi) is 4.20. The topological polar surface area (TPSA) is 62.2 Å². The fourth-order valence-corrected chi connectivity index (χ4v) is 2.38. The Morgan fingerprint density at radius 1 is 1.40 bits per heavy atom. The Labute approximate surface area is 122 Å². The van der Waals surface area contributed by atoms with E-state index in [1.807, 2.05) is 38.3 Å². The number of nitrogens with zero attached hydrogens (tertiary/aromatic N) is 1. The van der Waals surface area contributed by atoms with Crippen molar-refractivity contribution in [2.24, 2.45) is 5.41 Å². The normalized spacial score (nSPS) is 13.0. The third kappa shape index (κ3) is 3.23. The lowest BCUT2D eigenvalue weighted by Gasteiger charge is -2.20. The molecule has 2 rings (SSSR count). The molecule has 0 aliphatic carbocycles. The van der Waals surface area contributed by atoms with E-state index < -0.39 is 11.5 Å². The molecule has 0 spiro atoms. The fraction of sp³-hybridized carbons (Fsp3) is 0.333. The summed E-state index contributed by atoms with van der Waals surface area (Å²) in [6, 6.07) is 5.44. The third-order valence-corrected chi connectivity index (χ3v) is 3.81. The second-order valence-electron chi connectivity index (χ2n) is 5.59. The van der Waals surface area contributed by atoms with E-state index >= 15 is 0 Å². The summed E-state index contributed by atoms with van der Waals surface area (Å²) in [5, 5.41) is 15.2. The summed E-state index contributed by atoms with van der Waals surface area (Å²) in [6.07, 6.45) is 2.41. The van der Waals surface area contributed by atoms with Gasteiger partial charge in [-0.25, -0.2) is 0 Å². The van der Waals surface area contributed by atoms with Crippen LogP contribution in [0.25, 0.3) is 0 Å². The lowest BCUT2D eigenvalue weighted by atomic mass is 9.95. The maximum Gasteiger partial charge on any atom is 0.229 e. The van der Waals surface area contributed by atoms with E-state index in [4.69, 9.17) is 0 Å². The number of carbonyl (C=O) groups excluding carboxylic acids is 1. The number of anilines is 1. The molecule has 0 saturated heterocycles. The molecule has 2 aromatic rings. The Morgan fingerprint density at radius 2 is 2.15 bits per heavy atom. The van der Waals surface area contributed by atoms with Crippen LogP contribution in [0, 0.1) is 5.41 Å². The molecular weight excluding hydrogens is 272 g/mol. The fourth-order valence-electron chi connectivity index (χ4n) is 1.65. The predicted octanol–water partition coefficient (Wildman–Crippen LogP) is 3.21. The molecule has 1 amide bonds. The number of aliphatic hydroxyl groups is 1. The van der Waals surface area contributed by atoms with Gasteiger partial charge >= 0.3 is 0 Å². The molecule has 0 aliphatic rings. The van der Waals surface area contributed by atoms with Crippen molar-refractivity contribution in [3.63, 3.8) is 0 Å². The van der Waals surface area contributed by atoms with E-state index in [1.165, 1.54) is 11.3 Å². The second kappa shape index (κ2) is 5.73. The molecule has 0 saturated carbocycles. The zero-order chi connectivity index (χ0) is 14.8. The number of amides is 1. The van der Waals surface area contributed by atoms with Gasteiger partial charge in [-0.3, -0.25) is 9.78 Å². The largest absolute Gasteiger partial charge is 0.383 e. The number of aliphatic hydroxyl groups excluding tert-OH is 1.